The number of pyridine rings is 1. The number of nitrogens with one attached hydrogen (secondary N) is 2. The molecule has 3 aromatic heterocycles. The average molecular weight is 602 g/mol. The lowest BCUT2D eigenvalue weighted by molar-refractivity contribution is -0.117. The molecule has 0 radical (unpaired) electrons. The number of anilines is 4. The monoisotopic (exact) mass is 601 g/mol. The zero-order valence-corrected chi connectivity index (χ0v) is 23.7. The molecule has 0 spiro atoms. The molecule has 45 heavy (non-hydrogen) atoms. The zero-order valence-electron chi connectivity index (χ0n) is 23.7. The fraction of sp³-hybridized carbons (Fsp3) is 0.0882. The maximum Gasteiger partial charge on any atom is 0.258 e. The highest BCUT2D eigenvalue weighted by Crippen LogP contribution is 2.36. The number of carbonyl (C=O) groups excluding carboxylic acids is 2. The Hall–Kier alpha value is -5.97. The topological polar surface area (TPSA) is 105 Å². The predicted octanol–water partition coefficient (Wildman–Crippen LogP) is 6.86. The third kappa shape index (κ3) is 5.58. The molecule has 11 heteroatoms. The van der Waals surface area contributed by atoms with Crippen LogP contribution in [0.15, 0.2) is 103 Å². The number of rotatable bonds is 7. The van der Waals surface area contributed by atoms with E-state index in [1.54, 1.807) is 39.9 Å². The second kappa shape index (κ2) is 11.6. The number of carbonyl (C=O) groups is 2. The molecular formula is C34H25F2N7O2. The maximum atomic E-state index is 14.2. The Morgan fingerprint density at radius 1 is 0.889 bits per heavy atom. The summed E-state index contributed by atoms with van der Waals surface area (Å²) in [5.74, 6) is -1.84. The van der Waals surface area contributed by atoms with Crippen LogP contribution in [0.2, 0.25) is 0 Å². The Balaban J connectivity index is 1.22. The van der Waals surface area contributed by atoms with Crippen LogP contribution >= 0.6 is 0 Å². The van der Waals surface area contributed by atoms with Crippen molar-refractivity contribution in [3.8, 4) is 22.5 Å². The van der Waals surface area contributed by atoms with E-state index in [1.807, 2.05) is 54.7 Å². The first-order chi connectivity index (χ1) is 21.9. The van der Waals surface area contributed by atoms with Crippen molar-refractivity contribution in [2.45, 2.75) is 12.8 Å². The Labute approximate surface area is 256 Å². The second-order valence-corrected chi connectivity index (χ2v) is 10.5. The maximum absolute atomic E-state index is 14.2. The van der Waals surface area contributed by atoms with Gasteiger partial charge in [-0.05, 0) is 73.2 Å². The number of aromatic nitrogens is 4. The van der Waals surface area contributed by atoms with E-state index in [2.05, 4.69) is 15.6 Å². The van der Waals surface area contributed by atoms with Crippen LogP contribution in [0.3, 0.4) is 0 Å². The summed E-state index contributed by atoms with van der Waals surface area (Å²) in [4.78, 5) is 36.1. The fourth-order valence-electron chi connectivity index (χ4n) is 5.43. The van der Waals surface area contributed by atoms with Crippen molar-refractivity contribution < 1.29 is 18.4 Å². The largest absolute Gasteiger partial charge is 0.324 e. The lowest BCUT2D eigenvalue weighted by Gasteiger charge is -2.16. The fourth-order valence-corrected chi connectivity index (χ4v) is 5.43. The molecule has 3 aromatic carbocycles. The molecular weight excluding hydrogens is 576 g/mol. The third-order valence-corrected chi connectivity index (χ3v) is 7.51. The van der Waals surface area contributed by atoms with Crippen molar-refractivity contribution in [1.29, 1.82) is 0 Å². The summed E-state index contributed by atoms with van der Waals surface area (Å²) < 4.78 is 29.7. The normalized spacial score (nSPS) is 12.9. The lowest BCUT2D eigenvalue weighted by Crippen LogP contribution is -2.23. The van der Waals surface area contributed by atoms with Crippen molar-refractivity contribution in [3.63, 3.8) is 0 Å². The number of benzene rings is 3. The summed E-state index contributed by atoms with van der Waals surface area (Å²) in [6.07, 6.45) is 4.86. The van der Waals surface area contributed by atoms with Crippen LogP contribution in [0, 0.1) is 11.6 Å². The Morgan fingerprint density at radius 3 is 2.62 bits per heavy atom. The number of halogens is 2. The van der Waals surface area contributed by atoms with Gasteiger partial charge >= 0.3 is 0 Å². The SMILES string of the molecule is O=C(Nc1cccc(-c2nn3ccccc3c2-c2ccnc(Nc3cccc(N4CCCC4=O)c3)n2)c1)c1cc(F)ccc1F. The molecule has 9 nitrogen and oxygen atoms in total. The van der Waals surface area contributed by atoms with Gasteiger partial charge in [0, 0.05) is 48.0 Å². The van der Waals surface area contributed by atoms with Crippen LogP contribution in [0.1, 0.15) is 23.2 Å². The highest BCUT2D eigenvalue weighted by atomic mass is 19.1. The summed E-state index contributed by atoms with van der Waals surface area (Å²) in [5, 5.41) is 10.7. The minimum absolute atomic E-state index is 0.107. The van der Waals surface area contributed by atoms with Gasteiger partial charge in [0.15, 0.2) is 0 Å². The van der Waals surface area contributed by atoms with Gasteiger partial charge in [0.05, 0.1) is 22.3 Å². The van der Waals surface area contributed by atoms with Gasteiger partial charge in [-0.15, -0.1) is 0 Å². The van der Waals surface area contributed by atoms with E-state index in [0.717, 1.165) is 47.1 Å². The number of hydrogen-bond acceptors (Lipinski definition) is 6. The van der Waals surface area contributed by atoms with Crippen LogP contribution in [0.25, 0.3) is 28.0 Å². The first kappa shape index (κ1) is 27.8. The van der Waals surface area contributed by atoms with E-state index in [4.69, 9.17) is 10.1 Å². The summed E-state index contributed by atoms with van der Waals surface area (Å²) in [5.41, 5.74) is 4.93. The number of amides is 2. The Morgan fingerprint density at radius 2 is 1.76 bits per heavy atom. The van der Waals surface area contributed by atoms with E-state index in [9.17, 15) is 18.4 Å². The van der Waals surface area contributed by atoms with Gasteiger partial charge in [-0.1, -0.05) is 24.3 Å². The molecule has 1 aliphatic heterocycles. The minimum Gasteiger partial charge on any atom is -0.324 e. The first-order valence-corrected chi connectivity index (χ1v) is 14.3. The molecule has 222 valence electrons. The van der Waals surface area contributed by atoms with Crippen molar-refractivity contribution in [1.82, 2.24) is 19.6 Å². The van der Waals surface area contributed by atoms with Crippen molar-refractivity contribution in [2.75, 3.05) is 22.1 Å². The van der Waals surface area contributed by atoms with Gasteiger partial charge in [0.2, 0.25) is 11.9 Å². The standard InChI is InChI=1S/C34H25F2N7O2/c35-22-12-13-27(36)26(19-22)33(45)38-23-7-3-6-21(18-23)32-31(29-10-1-2-17-43(29)41-32)28-14-15-37-34(40-28)39-24-8-4-9-25(20-24)42-16-5-11-30(42)44/h1-4,6-10,12-15,17-20H,5,11,16H2,(H,38,45)(H,37,39,40). The second-order valence-electron chi connectivity index (χ2n) is 10.5. The molecule has 2 amide bonds. The van der Waals surface area contributed by atoms with E-state index >= 15 is 0 Å². The molecule has 1 saturated heterocycles. The quantitative estimate of drug-likeness (QED) is 0.207. The van der Waals surface area contributed by atoms with E-state index in [0.29, 0.717) is 41.6 Å². The number of hydrogen-bond donors (Lipinski definition) is 2. The van der Waals surface area contributed by atoms with Gasteiger partial charge in [-0.3, -0.25) is 9.59 Å². The molecule has 2 N–H and O–H groups in total. The van der Waals surface area contributed by atoms with Crippen LogP contribution < -0.4 is 15.5 Å². The molecule has 0 unspecified atom stereocenters. The summed E-state index contributed by atoms with van der Waals surface area (Å²) >= 11 is 0. The van der Waals surface area contributed by atoms with Crippen LogP contribution in [-0.4, -0.2) is 37.9 Å². The van der Waals surface area contributed by atoms with E-state index < -0.39 is 23.1 Å². The van der Waals surface area contributed by atoms with Gasteiger partial charge in [-0.2, -0.15) is 5.10 Å². The zero-order chi connectivity index (χ0) is 30.9. The lowest BCUT2D eigenvalue weighted by atomic mass is 10.0. The summed E-state index contributed by atoms with van der Waals surface area (Å²) in [7, 11) is 0. The molecule has 0 saturated carbocycles. The molecule has 0 aliphatic carbocycles. The van der Waals surface area contributed by atoms with Crippen molar-refractivity contribution in [3.05, 3.63) is 121 Å². The highest BCUT2D eigenvalue weighted by Gasteiger charge is 2.22. The molecule has 1 aliphatic rings. The molecule has 0 atom stereocenters. The van der Waals surface area contributed by atoms with E-state index in [-0.39, 0.29) is 5.91 Å². The molecule has 0 bridgehead atoms. The first-order valence-electron chi connectivity index (χ1n) is 14.3. The predicted molar refractivity (Wildman–Crippen MR) is 167 cm³/mol. The Bertz CT molecular complexity index is 2100. The third-order valence-electron chi connectivity index (χ3n) is 7.51. The molecule has 4 heterocycles. The van der Waals surface area contributed by atoms with Crippen molar-refractivity contribution >= 4 is 40.3 Å². The van der Waals surface area contributed by atoms with Gasteiger partial charge < -0.3 is 15.5 Å². The minimum atomic E-state index is -0.822. The molecule has 6 aromatic rings. The van der Waals surface area contributed by atoms with Crippen LogP contribution in [0.5, 0.6) is 0 Å². The van der Waals surface area contributed by atoms with Gasteiger partial charge in [0.25, 0.3) is 5.91 Å². The van der Waals surface area contributed by atoms with E-state index in [1.165, 1.54) is 0 Å². The van der Waals surface area contributed by atoms with Gasteiger partial charge in [-0.25, -0.2) is 23.3 Å². The van der Waals surface area contributed by atoms with Crippen LogP contribution in [0.4, 0.5) is 31.8 Å². The summed E-state index contributed by atoms with van der Waals surface area (Å²) in [6.45, 7) is 0.693. The number of fused-ring (bicyclic) bond motifs is 1. The number of nitrogens with zero attached hydrogens (tertiary/aromatic N) is 5. The highest BCUT2D eigenvalue weighted by molar-refractivity contribution is 6.05. The smallest absolute Gasteiger partial charge is 0.258 e. The Kier molecular flexibility index (Phi) is 7.18. The van der Waals surface area contributed by atoms with Gasteiger partial charge in [0.1, 0.15) is 17.3 Å². The molecule has 7 rings (SSSR count). The van der Waals surface area contributed by atoms with Crippen LogP contribution in [-0.2, 0) is 4.79 Å². The summed E-state index contributed by atoms with van der Waals surface area (Å²) in [6, 6.07) is 24.7. The van der Waals surface area contributed by atoms with Crippen molar-refractivity contribution in [2.24, 2.45) is 0 Å². The average Bonchev–Trinajstić information content (AvgIpc) is 3.66. The molecule has 1 fully saturated rings.